The lowest BCUT2D eigenvalue weighted by molar-refractivity contribution is -0.117. The van der Waals surface area contributed by atoms with Gasteiger partial charge in [0.2, 0.25) is 5.78 Å². The number of carbonyl (C=O) groups excluding carboxylic acids is 3. The Labute approximate surface area is 205 Å². The molecular weight excluding hydrogens is 472 g/mol. The van der Waals surface area contributed by atoms with Gasteiger partial charge in [0.1, 0.15) is 10.6 Å². The number of Topliss-reactive ketones (excluding diaryl/α,β-unsaturated/α-hetero) is 1. The minimum atomic E-state index is -1.02. The van der Waals surface area contributed by atoms with Crippen LogP contribution in [0, 0.1) is 6.92 Å². The van der Waals surface area contributed by atoms with Crippen LogP contribution in [-0.4, -0.2) is 41.5 Å². The molecule has 1 N–H and O–H groups in total. The van der Waals surface area contributed by atoms with E-state index in [-0.39, 0.29) is 21.3 Å². The number of esters is 1. The number of carbonyl (C=O) groups is 3. The molecule has 1 atom stereocenters. The van der Waals surface area contributed by atoms with Crippen molar-refractivity contribution in [2.24, 2.45) is 0 Å². The molecule has 1 aliphatic rings. The smallest absolute Gasteiger partial charge is 0.350 e. The van der Waals surface area contributed by atoms with Crippen LogP contribution >= 0.6 is 11.3 Å². The van der Waals surface area contributed by atoms with Gasteiger partial charge in [0.05, 0.1) is 37.3 Å². The molecule has 0 saturated carbocycles. The molecule has 3 aromatic rings. The van der Waals surface area contributed by atoms with Crippen LogP contribution in [0.15, 0.2) is 58.4 Å². The second-order valence-corrected chi connectivity index (χ2v) is 8.80. The first-order valence-electron chi connectivity index (χ1n) is 11.0. The van der Waals surface area contributed by atoms with Gasteiger partial charge in [-0.15, -0.1) is 0 Å². The van der Waals surface area contributed by atoms with E-state index in [2.05, 4.69) is 11.9 Å². The number of amides is 1. The first kappa shape index (κ1) is 24.2. The lowest BCUT2D eigenvalue weighted by Crippen LogP contribution is -2.31. The predicted molar refractivity (Wildman–Crippen MR) is 128 cm³/mol. The fourth-order valence-corrected chi connectivity index (χ4v) is 4.78. The number of benzene rings is 1. The SMILES string of the molecule is CCCCOc1cccc(C2C(C(=O)c3ccco3)=C(O)C(=O)N2c2nc(C)c(C(=O)OC)s2)c1. The summed E-state index contributed by atoms with van der Waals surface area (Å²) in [5.41, 5.74) is 0.743. The van der Waals surface area contributed by atoms with Crippen LogP contribution in [0.4, 0.5) is 5.13 Å². The van der Waals surface area contributed by atoms with Gasteiger partial charge >= 0.3 is 5.97 Å². The molecule has 9 nitrogen and oxygen atoms in total. The minimum absolute atomic E-state index is 0.0212. The summed E-state index contributed by atoms with van der Waals surface area (Å²) in [5, 5.41) is 11.0. The summed E-state index contributed by atoms with van der Waals surface area (Å²) < 4.78 is 15.9. The monoisotopic (exact) mass is 496 g/mol. The number of thiazole rings is 1. The van der Waals surface area contributed by atoms with Crippen LogP contribution in [-0.2, 0) is 9.53 Å². The molecule has 0 saturated heterocycles. The first-order chi connectivity index (χ1) is 16.9. The molecule has 2 aromatic heterocycles. The maximum absolute atomic E-state index is 13.3. The first-order valence-corrected chi connectivity index (χ1v) is 11.8. The number of aromatic nitrogens is 1. The van der Waals surface area contributed by atoms with Crippen LogP contribution in [0.5, 0.6) is 5.75 Å². The average Bonchev–Trinajstić information content (AvgIpc) is 3.58. The molecule has 182 valence electrons. The molecule has 35 heavy (non-hydrogen) atoms. The number of anilines is 1. The molecule has 1 amide bonds. The van der Waals surface area contributed by atoms with Gasteiger partial charge in [0, 0.05) is 0 Å². The molecule has 1 aliphatic heterocycles. The van der Waals surface area contributed by atoms with E-state index in [1.807, 2.05) is 0 Å². The maximum atomic E-state index is 13.3. The molecule has 0 aliphatic carbocycles. The standard InChI is InChI=1S/C25H24N2O7S/c1-4-5-11-33-16-9-6-8-15(13-16)19-18(20(28)17-10-7-12-34-17)21(29)23(30)27(19)25-26-14(2)22(35-25)24(31)32-3/h6-10,12-13,19,29H,4-5,11H2,1-3H3. The van der Waals surface area contributed by atoms with Crippen LogP contribution in [0.2, 0.25) is 0 Å². The third kappa shape index (κ3) is 4.57. The molecule has 10 heteroatoms. The number of hydrogen-bond donors (Lipinski definition) is 1. The lowest BCUT2D eigenvalue weighted by atomic mass is 9.95. The van der Waals surface area contributed by atoms with E-state index in [1.165, 1.54) is 24.3 Å². The van der Waals surface area contributed by atoms with Crippen molar-refractivity contribution in [2.45, 2.75) is 32.7 Å². The fraction of sp³-hybridized carbons (Fsp3) is 0.280. The Morgan fingerprint density at radius 2 is 2.06 bits per heavy atom. The van der Waals surface area contributed by atoms with Crippen molar-refractivity contribution < 1.29 is 33.4 Å². The van der Waals surface area contributed by atoms with Crippen LogP contribution in [0.1, 0.15) is 57.3 Å². The van der Waals surface area contributed by atoms with Crippen molar-refractivity contribution in [1.82, 2.24) is 4.98 Å². The molecule has 0 radical (unpaired) electrons. The number of aliphatic hydroxyl groups excluding tert-OH is 1. The Morgan fingerprint density at radius 3 is 2.74 bits per heavy atom. The molecule has 4 rings (SSSR count). The summed E-state index contributed by atoms with van der Waals surface area (Å²) >= 11 is 0.942. The highest BCUT2D eigenvalue weighted by Crippen LogP contribution is 2.44. The van der Waals surface area contributed by atoms with E-state index >= 15 is 0 Å². The number of ketones is 1. The number of aryl methyl sites for hydroxylation is 1. The molecule has 1 unspecified atom stereocenters. The van der Waals surface area contributed by atoms with Crippen LogP contribution < -0.4 is 9.64 Å². The highest BCUT2D eigenvalue weighted by Gasteiger charge is 2.47. The van der Waals surface area contributed by atoms with E-state index in [4.69, 9.17) is 13.9 Å². The van der Waals surface area contributed by atoms with E-state index in [0.717, 1.165) is 24.2 Å². The van der Waals surface area contributed by atoms with E-state index in [0.29, 0.717) is 23.6 Å². The van der Waals surface area contributed by atoms with Gasteiger partial charge in [-0.1, -0.05) is 36.8 Å². The maximum Gasteiger partial charge on any atom is 0.350 e. The Hall–Kier alpha value is -3.92. The normalized spacial score (nSPS) is 15.6. The zero-order chi connectivity index (χ0) is 25.1. The Morgan fingerprint density at radius 1 is 1.26 bits per heavy atom. The number of rotatable bonds is 9. The zero-order valence-electron chi connectivity index (χ0n) is 19.4. The van der Waals surface area contributed by atoms with Gasteiger partial charge < -0.3 is 19.0 Å². The Bertz CT molecular complexity index is 1290. The van der Waals surface area contributed by atoms with Gasteiger partial charge in [0.25, 0.3) is 5.91 Å². The summed E-state index contributed by atoms with van der Waals surface area (Å²) in [4.78, 5) is 44.6. The van der Waals surface area contributed by atoms with Crippen molar-refractivity contribution in [2.75, 3.05) is 18.6 Å². The largest absolute Gasteiger partial charge is 0.503 e. The lowest BCUT2D eigenvalue weighted by Gasteiger charge is -2.24. The number of aliphatic hydroxyl groups is 1. The topological polar surface area (TPSA) is 119 Å². The average molecular weight is 497 g/mol. The van der Waals surface area contributed by atoms with Gasteiger partial charge in [-0.3, -0.25) is 14.5 Å². The van der Waals surface area contributed by atoms with Gasteiger partial charge in [0.15, 0.2) is 16.7 Å². The summed E-state index contributed by atoms with van der Waals surface area (Å²) in [5.74, 6) is -2.21. The van der Waals surface area contributed by atoms with Crippen LogP contribution in [0.3, 0.4) is 0 Å². The molecular formula is C25H24N2O7S. The van der Waals surface area contributed by atoms with Gasteiger partial charge in [-0.25, -0.2) is 9.78 Å². The third-order valence-electron chi connectivity index (χ3n) is 5.50. The van der Waals surface area contributed by atoms with Crippen molar-refractivity contribution in [3.8, 4) is 5.75 Å². The van der Waals surface area contributed by atoms with E-state index in [9.17, 15) is 19.5 Å². The van der Waals surface area contributed by atoms with Crippen molar-refractivity contribution in [3.05, 3.63) is 75.9 Å². The summed E-state index contributed by atoms with van der Waals surface area (Å²) in [6, 6.07) is 8.95. The van der Waals surface area contributed by atoms with Crippen molar-refractivity contribution in [3.63, 3.8) is 0 Å². The molecule has 0 fully saturated rings. The van der Waals surface area contributed by atoms with Crippen molar-refractivity contribution in [1.29, 1.82) is 0 Å². The number of ether oxygens (including phenoxy) is 2. The predicted octanol–water partition coefficient (Wildman–Crippen LogP) is 4.79. The molecule has 1 aromatic carbocycles. The number of methoxy groups -OCH3 is 1. The molecule has 0 spiro atoms. The minimum Gasteiger partial charge on any atom is -0.503 e. The number of furan rings is 1. The fourth-order valence-electron chi connectivity index (χ4n) is 3.77. The second kappa shape index (κ2) is 10.1. The van der Waals surface area contributed by atoms with Gasteiger partial charge in [-0.05, 0) is 43.2 Å². The summed E-state index contributed by atoms with van der Waals surface area (Å²) in [7, 11) is 1.25. The summed E-state index contributed by atoms with van der Waals surface area (Å²) in [6.45, 7) is 4.19. The van der Waals surface area contributed by atoms with Gasteiger partial charge in [-0.2, -0.15) is 0 Å². The Balaban J connectivity index is 1.82. The molecule has 3 heterocycles. The second-order valence-electron chi connectivity index (χ2n) is 7.82. The highest BCUT2D eigenvalue weighted by atomic mass is 32.1. The Kier molecular flexibility index (Phi) is 7.02. The van der Waals surface area contributed by atoms with E-state index in [1.54, 1.807) is 37.3 Å². The number of nitrogens with zero attached hydrogens (tertiary/aromatic N) is 2. The number of unbranched alkanes of at least 4 members (excludes halogenated alkanes) is 1. The zero-order valence-corrected chi connectivity index (χ0v) is 20.3. The highest BCUT2D eigenvalue weighted by molar-refractivity contribution is 7.17. The van der Waals surface area contributed by atoms with Crippen LogP contribution in [0.25, 0.3) is 0 Å². The summed E-state index contributed by atoms with van der Waals surface area (Å²) in [6.07, 6.45) is 3.17. The third-order valence-corrected chi connectivity index (χ3v) is 6.64. The van der Waals surface area contributed by atoms with Crippen molar-refractivity contribution >= 4 is 34.1 Å². The molecule has 0 bridgehead atoms. The number of hydrogen-bond acceptors (Lipinski definition) is 9. The van der Waals surface area contributed by atoms with E-state index < -0.39 is 29.5 Å². The quantitative estimate of drug-likeness (QED) is 0.255.